The zero-order chi connectivity index (χ0) is 18.7. The van der Waals surface area contributed by atoms with Crippen LogP contribution in [0.25, 0.3) is 11.3 Å². The Hall–Kier alpha value is -3.26. The molecule has 2 aromatic carbocycles. The number of nitrogens with one attached hydrogen (secondary N) is 2. The molecule has 132 valence electrons. The summed E-state index contributed by atoms with van der Waals surface area (Å²) in [6, 6.07) is 11.7. The molecule has 0 spiro atoms. The van der Waals surface area contributed by atoms with E-state index in [0.717, 1.165) is 10.4 Å². The quantitative estimate of drug-likeness (QED) is 0.647. The minimum absolute atomic E-state index is 0.315. The second-order valence-electron chi connectivity index (χ2n) is 5.45. The van der Waals surface area contributed by atoms with E-state index < -0.39 is 6.03 Å². The van der Waals surface area contributed by atoms with Gasteiger partial charge in [0.25, 0.3) is 5.91 Å². The molecule has 3 aromatic rings. The number of hydrogen-bond acceptors (Lipinski definition) is 4. The van der Waals surface area contributed by atoms with Crippen molar-refractivity contribution in [2.24, 2.45) is 5.73 Å². The predicted octanol–water partition coefficient (Wildman–Crippen LogP) is 4.00. The number of anilines is 2. The van der Waals surface area contributed by atoms with Crippen molar-refractivity contribution in [1.82, 2.24) is 4.98 Å². The highest BCUT2D eigenvalue weighted by Gasteiger charge is 2.13. The normalized spacial score (nSPS) is 10.4. The molecule has 1 aromatic heterocycles. The predicted molar refractivity (Wildman–Crippen MR) is 99.8 cm³/mol. The van der Waals surface area contributed by atoms with Crippen LogP contribution in [0.5, 0.6) is 0 Å². The van der Waals surface area contributed by atoms with Crippen LogP contribution in [-0.4, -0.2) is 16.9 Å². The number of hydrogen-bond donors (Lipinski definition) is 3. The van der Waals surface area contributed by atoms with Crippen LogP contribution >= 0.6 is 11.3 Å². The molecule has 3 amide bonds. The molecule has 8 heteroatoms. The lowest BCUT2D eigenvalue weighted by molar-refractivity contribution is 0.102. The van der Waals surface area contributed by atoms with Gasteiger partial charge in [0.2, 0.25) is 0 Å². The van der Waals surface area contributed by atoms with Crippen LogP contribution in [0, 0.1) is 12.7 Å². The van der Waals surface area contributed by atoms with Gasteiger partial charge in [-0.15, -0.1) is 11.3 Å². The minimum atomic E-state index is -0.672. The average Bonchev–Trinajstić information content (AvgIpc) is 2.96. The zero-order valence-corrected chi connectivity index (χ0v) is 14.6. The van der Waals surface area contributed by atoms with Gasteiger partial charge in [0.15, 0.2) is 5.13 Å². The van der Waals surface area contributed by atoms with Gasteiger partial charge in [0.1, 0.15) is 5.82 Å². The molecule has 0 saturated heterocycles. The summed E-state index contributed by atoms with van der Waals surface area (Å²) in [7, 11) is 0. The summed E-state index contributed by atoms with van der Waals surface area (Å²) in [5.74, 6) is -0.639. The first kappa shape index (κ1) is 17.6. The Labute approximate surface area is 152 Å². The Bertz CT molecular complexity index is 952. The standard InChI is InChI=1S/C18H15FN4O2S/c1-10-15(11-2-6-13(19)7-3-11)22-18(26-10)23-16(24)12-4-8-14(9-5-12)21-17(20)25/h2-9H,1H3,(H3,20,21,25)(H,22,23,24). The maximum Gasteiger partial charge on any atom is 0.316 e. The fourth-order valence-electron chi connectivity index (χ4n) is 2.34. The number of aromatic nitrogens is 1. The summed E-state index contributed by atoms with van der Waals surface area (Å²) in [6.07, 6.45) is 0. The maximum atomic E-state index is 13.1. The Morgan fingerprint density at radius 1 is 1.04 bits per heavy atom. The highest BCUT2D eigenvalue weighted by molar-refractivity contribution is 7.16. The van der Waals surface area contributed by atoms with Crippen LogP contribution < -0.4 is 16.4 Å². The SMILES string of the molecule is Cc1sc(NC(=O)c2ccc(NC(N)=O)cc2)nc1-c1ccc(F)cc1. The smallest absolute Gasteiger partial charge is 0.316 e. The van der Waals surface area contributed by atoms with Gasteiger partial charge in [-0.1, -0.05) is 0 Å². The first-order chi connectivity index (χ1) is 12.4. The van der Waals surface area contributed by atoms with E-state index in [1.807, 2.05) is 6.92 Å². The molecule has 1 heterocycles. The van der Waals surface area contributed by atoms with E-state index in [1.54, 1.807) is 36.4 Å². The molecule has 0 saturated carbocycles. The summed E-state index contributed by atoms with van der Waals surface area (Å²) < 4.78 is 13.1. The lowest BCUT2D eigenvalue weighted by atomic mass is 10.1. The van der Waals surface area contributed by atoms with Crippen LogP contribution in [-0.2, 0) is 0 Å². The minimum Gasteiger partial charge on any atom is -0.351 e. The van der Waals surface area contributed by atoms with E-state index in [9.17, 15) is 14.0 Å². The molecular formula is C18H15FN4O2S. The van der Waals surface area contributed by atoms with E-state index in [4.69, 9.17) is 5.73 Å². The molecule has 3 rings (SSSR count). The van der Waals surface area contributed by atoms with Crippen molar-refractivity contribution in [1.29, 1.82) is 0 Å². The fraction of sp³-hybridized carbons (Fsp3) is 0.0556. The Kier molecular flexibility index (Phi) is 4.94. The molecule has 0 atom stereocenters. The van der Waals surface area contributed by atoms with Gasteiger partial charge in [-0.3, -0.25) is 10.1 Å². The summed E-state index contributed by atoms with van der Waals surface area (Å²) in [4.78, 5) is 28.5. The van der Waals surface area contributed by atoms with Crippen LogP contribution in [0.1, 0.15) is 15.2 Å². The monoisotopic (exact) mass is 370 g/mol. The third kappa shape index (κ3) is 4.04. The van der Waals surface area contributed by atoms with E-state index in [-0.39, 0.29) is 11.7 Å². The van der Waals surface area contributed by atoms with Crippen LogP contribution in [0.3, 0.4) is 0 Å². The van der Waals surface area contributed by atoms with E-state index in [2.05, 4.69) is 15.6 Å². The highest BCUT2D eigenvalue weighted by atomic mass is 32.1. The van der Waals surface area contributed by atoms with Crippen molar-refractivity contribution in [3.63, 3.8) is 0 Å². The molecule has 0 unspecified atom stereocenters. The number of rotatable bonds is 4. The maximum absolute atomic E-state index is 13.1. The second kappa shape index (κ2) is 7.32. The van der Waals surface area contributed by atoms with Gasteiger partial charge in [-0.05, 0) is 55.5 Å². The van der Waals surface area contributed by atoms with Crippen LogP contribution in [0.15, 0.2) is 48.5 Å². The van der Waals surface area contributed by atoms with Gasteiger partial charge in [0.05, 0.1) is 5.69 Å². The van der Waals surface area contributed by atoms with Gasteiger partial charge >= 0.3 is 6.03 Å². The fourth-order valence-corrected chi connectivity index (χ4v) is 3.17. The van der Waals surface area contributed by atoms with Crippen molar-refractivity contribution < 1.29 is 14.0 Å². The molecule has 0 aliphatic heterocycles. The molecule has 0 fully saturated rings. The van der Waals surface area contributed by atoms with Crippen molar-refractivity contribution in [2.45, 2.75) is 6.92 Å². The number of halogens is 1. The number of primary amides is 1. The number of amides is 3. The number of nitrogens with zero attached hydrogens (tertiary/aromatic N) is 1. The molecule has 0 aliphatic rings. The number of carbonyl (C=O) groups is 2. The Balaban J connectivity index is 1.74. The second-order valence-corrected chi connectivity index (χ2v) is 6.65. The number of urea groups is 1. The lowest BCUT2D eigenvalue weighted by Crippen LogP contribution is -2.19. The molecule has 26 heavy (non-hydrogen) atoms. The van der Waals surface area contributed by atoms with E-state index in [0.29, 0.717) is 22.1 Å². The lowest BCUT2D eigenvalue weighted by Gasteiger charge is -2.04. The Morgan fingerprint density at radius 3 is 2.31 bits per heavy atom. The van der Waals surface area contributed by atoms with Crippen LogP contribution in [0.2, 0.25) is 0 Å². The average molecular weight is 370 g/mol. The molecule has 4 N–H and O–H groups in total. The first-order valence-electron chi connectivity index (χ1n) is 7.63. The third-order valence-electron chi connectivity index (χ3n) is 3.55. The molecule has 0 aliphatic carbocycles. The molecule has 0 radical (unpaired) electrons. The first-order valence-corrected chi connectivity index (χ1v) is 8.45. The molecule has 0 bridgehead atoms. The van der Waals surface area contributed by atoms with Crippen molar-refractivity contribution >= 4 is 34.1 Å². The largest absolute Gasteiger partial charge is 0.351 e. The summed E-state index contributed by atoms with van der Waals surface area (Å²) >= 11 is 1.34. The highest BCUT2D eigenvalue weighted by Crippen LogP contribution is 2.30. The van der Waals surface area contributed by atoms with Crippen molar-refractivity contribution in [3.05, 3.63) is 64.8 Å². The number of benzene rings is 2. The van der Waals surface area contributed by atoms with Gasteiger partial charge in [0, 0.05) is 21.7 Å². The summed E-state index contributed by atoms with van der Waals surface area (Å²) in [5, 5.41) is 5.62. The zero-order valence-electron chi connectivity index (χ0n) is 13.7. The summed E-state index contributed by atoms with van der Waals surface area (Å²) in [6.45, 7) is 1.89. The van der Waals surface area contributed by atoms with Gasteiger partial charge in [-0.25, -0.2) is 14.2 Å². The van der Waals surface area contributed by atoms with Crippen molar-refractivity contribution in [2.75, 3.05) is 10.6 Å². The number of carbonyl (C=O) groups excluding carboxylic acids is 2. The summed E-state index contributed by atoms with van der Waals surface area (Å²) in [5.41, 5.74) is 7.43. The Morgan fingerprint density at radius 2 is 1.69 bits per heavy atom. The number of nitrogens with two attached hydrogens (primary N) is 1. The molecular weight excluding hydrogens is 355 g/mol. The topological polar surface area (TPSA) is 97.1 Å². The third-order valence-corrected chi connectivity index (χ3v) is 4.44. The van der Waals surface area contributed by atoms with Gasteiger partial charge < -0.3 is 11.1 Å². The molecule has 6 nitrogen and oxygen atoms in total. The van der Waals surface area contributed by atoms with E-state index >= 15 is 0 Å². The van der Waals surface area contributed by atoms with Crippen LogP contribution in [0.4, 0.5) is 20.0 Å². The van der Waals surface area contributed by atoms with E-state index in [1.165, 1.54) is 23.5 Å². The van der Waals surface area contributed by atoms with Crippen molar-refractivity contribution in [3.8, 4) is 11.3 Å². The van der Waals surface area contributed by atoms with Gasteiger partial charge in [-0.2, -0.15) is 0 Å². The number of thiazole rings is 1. The number of aryl methyl sites for hydroxylation is 1.